The Morgan fingerprint density at radius 2 is 1.82 bits per heavy atom. The van der Waals surface area contributed by atoms with Crippen molar-refractivity contribution in [1.29, 1.82) is 5.41 Å². The monoisotopic (exact) mass is 232 g/mol. The van der Waals surface area contributed by atoms with Crippen LogP contribution in [0.4, 0.5) is 0 Å². The fourth-order valence-electron chi connectivity index (χ4n) is 1.96. The SMILES string of the molecule is CC(=O)NC(=N)C(C)Cc1cc(C)cc(C)c1. The van der Waals surface area contributed by atoms with Crippen molar-refractivity contribution >= 4 is 11.7 Å². The molecule has 0 fully saturated rings. The van der Waals surface area contributed by atoms with Gasteiger partial charge >= 0.3 is 0 Å². The number of nitrogens with one attached hydrogen (secondary N) is 2. The van der Waals surface area contributed by atoms with Crippen LogP contribution in [0.1, 0.15) is 30.5 Å². The average Bonchev–Trinajstić information content (AvgIpc) is 2.14. The molecule has 0 aliphatic rings. The summed E-state index contributed by atoms with van der Waals surface area (Å²) >= 11 is 0. The number of aryl methyl sites for hydroxylation is 2. The Morgan fingerprint density at radius 1 is 1.29 bits per heavy atom. The van der Waals surface area contributed by atoms with E-state index in [1.165, 1.54) is 23.6 Å². The Morgan fingerprint density at radius 3 is 2.29 bits per heavy atom. The standard InChI is InChI=1S/C14H20N2O/c1-9-5-10(2)7-13(6-9)8-11(3)14(15)16-12(4)17/h5-7,11H,8H2,1-4H3,(H2,15,16,17). The molecule has 3 nitrogen and oxygen atoms in total. The largest absolute Gasteiger partial charge is 0.315 e. The summed E-state index contributed by atoms with van der Waals surface area (Å²) in [6.45, 7) is 7.52. The summed E-state index contributed by atoms with van der Waals surface area (Å²) in [4.78, 5) is 10.9. The molecule has 2 N–H and O–H groups in total. The van der Waals surface area contributed by atoms with Gasteiger partial charge < -0.3 is 5.32 Å². The highest BCUT2D eigenvalue weighted by Crippen LogP contribution is 2.13. The van der Waals surface area contributed by atoms with Crippen molar-refractivity contribution in [3.8, 4) is 0 Å². The van der Waals surface area contributed by atoms with Gasteiger partial charge in [-0.2, -0.15) is 0 Å². The van der Waals surface area contributed by atoms with E-state index in [4.69, 9.17) is 5.41 Å². The van der Waals surface area contributed by atoms with E-state index >= 15 is 0 Å². The van der Waals surface area contributed by atoms with E-state index in [1.54, 1.807) is 0 Å². The molecular formula is C14H20N2O. The first-order chi connectivity index (χ1) is 7.88. The molecule has 0 saturated heterocycles. The minimum atomic E-state index is -0.178. The smallest absolute Gasteiger partial charge is 0.222 e. The van der Waals surface area contributed by atoms with E-state index in [1.807, 2.05) is 6.92 Å². The molecule has 1 unspecified atom stereocenters. The van der Waals surface area contributed by atoms with E-state index in [9.17, 15) is 4.79 Å². The summed E-state index contributed by atoms with van der Waals surface area (Å²) in [5, 5.41) is 10.3. The van der Waals surface area contributed by atoms with E-state index in [2.05, 4.69) is 37.4 Å². The second kappa shape index (κ2) is 5.62. The van der Waals surface area contributed by atoms with Gasteiger partial charge in [-0.1, -0.05) is 36.2 Å². The molecule has 0 bridgehead atoms. The predicted octanol–water partition coefficient (Wildman–Crippen LogP) is 2.60. The maximum atomic E-state index is 10.9. The summed E-state index contributed by atoms with van der Waals surface area (Å²) in [5.41, 5.74) is 3.68. The minimum Gasteiger partial charge on any atom is -0.315 e. The Bertz CT molecular complexity index is 418. The summed E-state index contributed by atoms with van der Waals surface area (Å²) in [6.07, 6.45) is 0.779. The van der Waals surface area contributed by atoms with Crippen LogP contribution >= 0.6 is 0 Å². The Hall–Kier alpha value is -1.64. The highest BCUT2D eigenvalue weighted by atomic mass is 16.1. The lowest BCUT2D eigenvalue weighted by Crippen LogP contribution is -2.33. The lowest BCUT2D eigenvalue weighted by Gasteiger charge is -2.14. The number of benzene rings is 1. The first-order valence-electron chi connectivity index (χ1n) is 5.81. The number of rotatable bonds is 3. The molecule has 0 saturated carbocycles. The van der Waals surface area contributed by atoms with E-state index < -0.39 is 0 Å². The van der Waals surface area contributed by atoms with Crippen LogP contribution in [-0.2, 0) is 11.2 Å². The number of amides is 1. The zero-order valence-corrected chi connectivity index (χ0v) is 10.9. The van der Waals surface area contributed by atoms with Gasteiger partial charge in [-0.15, -0.1) is 0 Å². The molecule has 0 radical (unpaired) electrons. The Labute approximate surface area is 103 Å². The second-order valence-electron chi connectivity index (χ2n) is 4.70. The molecule has 1 aromatic rings. The maximum Gasteiger partial charge on any atom is 0.222 e. The molecule has 0 aliphatic carbocycles. The van der Waals surface area contributed by atoms with Gasteiger partial charge in [-0.25, -0.2) is 0 Å². The summed E-state index contributed by atoms with van der Waals surface area (Å²) < 4.78 is 0. The molecule has 0 heterocycles. The molecule has 17 heavy (non-hydrogen) atoms. The number of hydrogen-bond donors (Lipinski definition) is 2. The fourth-order valence-corrected chi connectivity index (χ4v) is 1.96. The van der Waals surface area contributed by atoms with Gasteiger partial charge in [-0.05, 0) is 25.8 Å². The number of hydrogen-bond acceptors (Lipinski definition) is 2. The van der Waals surface area contributed by atoms with Crippen LogP contribution in [0.15, 0.2) is 18.2 Å². The number of carbonyl (C=O) groups excluding carboxylic acids is 1. The first-order valence-corrected chi connectivity index (χ1v) is 5.81. The normalized spacial score (nSPS) is 12.0. The van der Waals surface area contributed by atoms with Crippen molar-refractivity contribution in [3.05, 3.63) is 34.9 Å². The van der Waals surface area contributed by atoms with Crippen LogP contribution in [-0.4, -0.2) is 11.7 Å². The summed E-state index contributed by atoms with van der Waals surface area (Å²) in [6, 6.07) is 6.39. The lowest BCUT2D eigenvalue weighted by molar-refractivity contribution is -0.117. The molecular weight excluding hydrogens is 212 g/mol. The van der Waals surface area contributed by atoms with Gasteiger partial charge in [0.1, 0.15) is 5.84 Å². The molecule has 0 aromatic heterocycles. The second-order valence-corrected chi connectivity index (χ2v) is 4.70. The van der Waals surface area contributed by atoms with Gasteiger partial charge in [0.2, 0.25) is 5.91 Å². The van der Waals surface area contributed by atoms with Crippen LogP contribution < -0.4 is 5.32 Å². The minimum absolute atomic E-state index is 0.0279. The average molecular weight is 232 g/mol. The summed E-state index contributed by atoms with van der Waals surface area (Å²) in [7, 11) is 0. The van der Waals surface area contributed by atoms with Crippen molar-refractivity contribution in [2.24, 2.45) is 5.92 Å². The fraction of sp³-hybridized carbons (Fsp3) is 0.429. The maximum absolute atomic E-state index is 10.9. The van der Waals surface area contributed by atoms with Gasteiger partial charge in [0.15, 0.2) is 0 Å². The third-order valence-corrected chi connectivity index (χ3v) is 2.63. The number of carbonyl (C=O) groups is 1. The van der Waals surface area contributed by atoms with Gasteiger partial charge in [0.05, 0.1) is 0 Å². The van der Waals surface area contributed by atoms with Crippen LogP contribution in [0.5, 0.6) is 0 Å². The van der Waals surface area contributed by atoms with Crippen LogP contribution in [0, 0.1) is 25.2 Å². The lowest BCUT2D eigenvalue weighted by atomic mass is 9.97. The van der Waals surface area contributed by atoms with Crippen molar-refractivity contribution in [2.75, 3.05) is 0 Å². The molecule has 1 atom stereocenters. The highest BCUT2D eigenvalue weighted by Gasteiger charge is 2.11. The van der Waals surface area contributed by atoms with E-state index in [-0.39, 0.29) is 17.7 Å². The molecule has 1 aromatic carbocycles. The number of amidine groups is 1. The highest BCUT2D eigenvalue weighted by molar-refractivity contribution is 5.96. The Balaban J connectivity index is 2.70. The molecule has 3 heteroatoms. The van der Waals surface area contributed by atoms with Crippen molar-refractivity contribution in [2.45, 2.75) is 34.1 Å². The van der Waals surface area contributed by atoms with Crippen molar-refractivity contribution in [3.63, 3.8) is 0 Å². The van der Waals surface area contributed by atoms with Crippen LogP contribution in [0.25, 0.3) is 0 Å². The molecule has 0 aliphatic heterocycles. The van der Waals surface area contributed by atoms with Crippen molar-refractivity contribution in [1.82, 2.24) is 5.32 Å². The quantitative estimate of drug-likeness (QED) is 0.611. The van der Waals surface area contributed by atoms with Crippen LogP contribution in [0.3, 0.4) is 0 Å². The van der Waals surface area contributed by atoms with Crippen molar-refractivity contribution < 1.29 is 4.79 Å². The first kappa shape index (κ1) is 13.4. The summed E-state index contributed by atoms with van der Waals surface area (Å²) in [5.74, 6) is 0.138. The van der Waals surface area contributed by atoms with Gasteiger partial charge in [-0.3, -0.25) is 10.2 Å². The van der Waals surface area contributed by atoms with E-state index in [0.29, 0.717) is 0 Å². The van der Waals surface area contributed by atoms with E-state index in [0.717, 1.165) is 6.42 Å². The third kappa shape index (κ3) is 4.39. The van der Waals surface area contributed by atoms with Gasteiger partial charge in [0.25, 0.3) is 0 Å². The zero-order chi connectivity index (χ0) is 13.0. The van der Waals surface area contributed by atoms with Crippen LogP contribution in [0.2, 0.25) is 0 Å². The molecule has 0 spiro atoms. The zero-order valence-electron chi connectivity index (χ0n) is 10.9. The molecule has 92 valence electrons. The predicted molar refractivity (Wildman–Crippen MR) is 70.3 cm³/mol. The molecule has 1 rings (SSSR count). The topological polar surface area (TPSA) is 53.0 Å². The Kier molecular flexibility index (Phi) is 4.44. The molecule has 1 amide bonds. The van der Waals surface area contributed by atoms with Gasteiger partial charge in [0, 0.05) is 12.8 Å². The third-order valence-electron chi connectivity index (χ3n) is 2.63.